The van der Waals surface area contributed by atoms with Gasteiger partial charge in [-0.3, -0.25) is 0 Å². The molecule has 1 unspecified atom stereocenters. The van der Waals surface area contributed by atoms with Crippen LogP contribution in [0.4, 0.5) is 0 Å². The van der Waals surface area contributed by atoms with Gasteiger partial charge in [0.15, 0.2) is 5.79 Å². The third-order valence-corrected chi connectivity index (χ3v) is 6.39. The molecule has 25 heavy (non-hydrogen) atoms. The Kier molecular flexibility index (Phi) is 6.19. The molecule has 0 spiro atoms. The number of benzene rings is 1. The van der Waals surface area contributed by atoms with Gasteiger partial charge in [0.2, 0.25) is 0 Å². The van der Waals surface area contributed by atoms with E-state index >= 15 is 0 Å². The first kappa shape index (κ1) is 18.9. The minimum absolute atomic E-state index is 0.0782. The van der Waals surface area contributed by atoms with Crippen molar-refractivity contribution in [2.75, 3.05) is 7.11 Å². The van der Waals surface area contributed by atoms with Crippen LogP contribution in [0.25, 0.3) is 0 Å². The Balaban J connectivity index is 1.77. The Morgan fingerprint density at radius 2 is 1.84 bits per heavy atom. The maximum Gasteiger partial charge on any atom is 0.198 e. The fourth-order valence-electron chi connectivity index (χ4n) is 4.97. The van der Waals surface area contributed by atoms with Crippen LogP contribution >= 0.6 is 0 Å². The van der Waals surface area contributed by atoms with E-state index in [1.807, 2.05) is 6.07 Å². The van der Waals surface area contributed by atoms with Gasteiger partial charge in [-0.2, -0.15) is 0 Å². The molecule has 0 amide bonds. The van der Waals surface area contributed by atoms with E-state index in [9.17, 15) is 0 Å². The van der Waals surface area contributed by atoms with Crippen molar-refractivity contribution in [1.29, 1.82) is 0 Å². The molecule has 0 aromatic heterocycles. The average Bonchev–Trinajstić information content (AvgIpc) is 3.05. The van der Waals surface area contributed by atoms with Crippen LogP contribution in [0.1, 0.15) is 64.4 Å². The second-order valence-corrected chi connectivity index (χ2v) is 8.38. The van der Waals surface area contributed by atoms with Crippen molar-refractivity contribution in [2.24, 2.45) is 23.5 Å². The third-order valence-electron chi connectivity index (χ3n) is 6.39. The summed E-state index contributed by atoms with van der Waals surface area (Å²) in [6.45, 7) is 4.53. The van der Waals surface area contributed by atoms with E-state index in [4.69, 9.17) is 15.2 Å². The smallest absolute Gasteiger partial charge is 0.198 e. The molecule has 3 rings (SSSR count). The monoisotopic (exact) mass is 345 g/mol. The highest BCUT2D eigenvalue weighted by Crippen LogP contribution is 2.49. The Bertz CT molecular complexity index is 526. The average molecular weight is 346 g/mol. The van der Waals surface area contributed by atoms with Crippen LogP contribution in [0.2, 0.25) is 0 Å². The normalized spacial score (nSPS) is 32.2. The standard InChI is InChI=1S/C22H35NO2/c1-16(2)19-15-21(20(23)14-17-10-6-4-7-11-17)25-22(19,24-3)18-12-8-5-9-13-18/h5,8-9,12-13,16-17,19-21H,4,6-7,10-11,14-15,23H2,1-3H3/t19-,20-,21-,22?/m0/s1. The van der Waals surface area contributed by atoms with Gasteiger partial charge in [0.05, 0.1) is 6.10 Å². The number of hydrogen-bond acceptors (Lipinski definition) is 3. The summed E-state index contributed by atoms with van der Waals surface area (Å²) in [4.78, 5) is 0. The molecule has 2 N–H and O–H groups in total. The quantitative estimate of drug-likeness (QED) is 0.802. The van der Waals surface area contributed by atoms with Gasteiger partial charge in [-0.25, -0.2) is 0 Å². The van der Waals surface area contributed by atoms with Gasteiger partial charge in [-0.15, -0.1) is 0 Å². The molecule has 1 aliphatic carbocycles. The molecule has 3 heteroatoms. The molecule has 1 aromatic rings. The molecule has 3 nitrogen and oxygen atoms in total. The van der Waals surface area contributed by atoms with Crippen molar-refractivity contribution in [3.8, 4) is 0 Å². The lowest BCUT2D eigenvalue weighted by atomic mass is 9.80. The van der Waals surface area contributed by atoms with Crippen LogP contribution in [-0.4, -0.2) is 19.3 Å². The number of methoxy groups -OCH3 is 1. The fraction of sp³-hybridized carbons (Fsp3) is 0.727. The number of hydrogen-bond donors (Lipinski definition) is 1. The Hall–Kier alpha value is -0.900. The predicted octanol–water partition coefficient (Wildman–Crippen LogP) is 4.84. The molecule has 0 bridgehead atoms. The van der Waals surface area contributed by atoms with Crippen molar-refractivity contribution in [3.63, 3.8) is 0 Å². The summed E-state index contributed by atoms with van der Waals surface area (Å²) in [6.07, 6.45) is 8.94. The molecule has 0 radical (unpaired) electrons. The highest BCUT2D eigenvalue weighted by Gasteiger charge is 2.52. The van der Waals surface area contributed by atoms with E-state index in [1.54, 1.807) is 7.11 Å². The van der Waals surface area contributed by atoms with E-state index < -0.39 is 5.79 Å². The van der Waals surface area contributed by atoms with Crippen LogP contribution in [-0.2, 0) is 15.3 Å². The van der Waals surface area contributed by atoms with E-state index in [-0.39, 0.29) is 12.1 Å². The lowest BCUT2D eigenvalue weighted by Crippen LogP contribution is -2.40. The van der Waals surface area contributed by atoms with Gasteiger partial charge < -0.3 is 15.2 Å². The molecule has 1 heterocycles. The SMILES string of the molecule is COC1(c2ccccc2)O[C@H]([C@@H](N)CC2CCCCC2)C[C@H]1C(C)C. The highest BCUT2D eigenvalue weighted by atomic mass is 16.7. The van der Waals surface area contributed by atoms with Gasteiger partial charge >= 0.3 is 0 Å². The summed E-state index contributed by atoms with van der Waals surface area (Å²) in [5.41, 5.74) is 7.76. The fourth-order valence-corrected chi connectivity index (χ4v) is 4.97. The molecular weight excluding hydrogens is 310 g/mol. The molecular formula is C22H35NO2. The van der Waals surface area contributed by atoms with Crippen LogP contribution in [0, 0.1) is 17.8 Å². The molecule has 1 saturated heterocycles. The summed E-state index contributed by atoms with van der Waals surface area (Å²) in [6, 6.07) is 10.5. The minimum Gasteiger partial charge on any atom is -0.349 e. The molecule has 2 fully saturated rings. The zero-order chi connectivity index (χ0) is 17.9. The Morgan fingerprint density at radius 1 is 1.16 bits per heavy atom. The van der Waals surface area contributed by atoms with Crippen molar-refractivity contribution in [3.05, 3.63) is 35.9 Å². The number of rotatable bonds is 6. The third kappa shape index (κ3) is 3.94. The van der Waals surface area contributed by atoms with Crippen LogP contribution in [0.15, 0.2) is 30.3 Å². The van der Waals surface area contributed by atoms with Gasteiger partial charge in [-0.1, -0.05) is 76.3 Å². The zero-order valence-electron chi connectivity index (χ0n) is 16.1. The topological polar surface area (TPSA) is 44.5 Å². The largest absolute Gasteiger partial charge is 0.349 e. The Labute approximate surface area is 153 Å². The predicted molar refractivity (Wildman–Crippen MR) is 102 cm³/mol. The van der Waals surface area contributed by atoms with Crippen LogP contribution < -0.4 is 5.73 Å². The van der Waals surface area contributed by atoms with Gasteiger partial charge in [-0.05, 0) is 24.7 Å². The van der Waals surface area contributed by atoms with E-state index in [2.05, 4.69) is 38.1 Å². The first-order chi connectivity index (χ1) is 12.1. The van der Waals surface area contributed by atoms with Gasteiger partial charge in [0.1, 0.15) is 0 Å². The van der Waals surface area contributed by atoms with Crippen molar-refractivity contribution in [1.82, 2.24) is 0 Å². The Morgan fingerprint density at radius 3 is 2.44 bits per heavy atom. The molecule has 140 valence electrons. The molecule has 4 atom stereocenters. The highest BCUT2D eigenvalue weighted by molar-refractivity contribution is 5.23. The van der Waals surface area contributed by atoms with E-state index in [0.29, 0.717) is 11.8 Å². The molecule has 1 saturated carbocycles. The first-order valence-corrected chi connectivity index (χ1v) is 10.1. The summed E-state index contributed by atoms with van der Waals surface area (Å²) >= 11 is 0. The van der Waals surface area contributed by atoms with Crippen molar-refractivity contribution in [2.45, 2.75) is 76.7 Å². The minimum atomic E-state index is -0.662. The number of ether oxygens (including phenoxy) is 2. The summed E-state index contributed by atoms with van der Waals surface area (Å²) < 4.78 is 12.7. The summed E-state index contributed by atoms with van der Waals surface area (Å²) in [5.74, 6) is 0.915. The van der Waals surface area contributed by atoms with Crippen molar-refractivity contribution >= 4 is 0 Å². The maximum atomic E-state index is 6.65. The number of nitrogens with two attached hydrogens (primary N) is 1. The first-order valence-electron chi connectivity index (χ1n) is 10.1. The van der Waals surface area contributed by atoms with Gasteiger partial charge in [0.25, 0.3) is 0 Å². The second-order valence-electron chi connectivity index (χ2n) is 8.38. The van der Waals surface area contributed by atoms with E-state index in [1.165, 1.54) is 32.1 Å². The second kappa shape index (κ2) is 8.20. The molecule has 1 aromatic carbocycles. The van der Waals surface area contributed by atoms with E-state index in [0.717, 1.165) is 24.3 Å². The lowest BCUT2D eigenvalue weighted by molar-refractivity contribution is -0.248. The van der Waals surface area contributed by atoms with Crippen LogP contribution in [0.5, 0.6) is 0 Å². The van der Waals surface area contributed by atoms with Crippen molar-refractivity contribution < 1.29 is 9.47 Å². The summed E-state index contributed by atoms with van der Waals surface area (Å²) in [5, 5.41) is 0. The summed E-state index contributed by atoms with van der Waals surface area (Å²) in [7, 11) is 1.78. The molecule has 2 aliphatic rings. The molecule has 1 aliphatic heterocycles. The lowest BCUT2D eigenvalue weighted by Gasteiger charge is -2.36. The zero-order valence-corrected chi connectivity index (χ0v) is 16.1. The van der Waals surface area contributed by atoms with Gasteiger partial charge in [0, 0.05) is 24.6 Å². The van der Waals surface area contributed by atoms with Crippen LogP contribution in [0.3, 0.4) is 0 Å². The maximum absolute atomic E-state index is 6.65.